The van der Waals surface area contributed by atoms with Crippen LogP contribution in [0.4, 0.5) is 0 Å². The highest BCUT2D eigenvalue weighted by Gasteiger charge is 2.20. The van der Waals surface area contributed by atoms with Crippen LogP contribution < -0.4 is 10.4 Å². The van der Waals surface area contributed by atoms with Crippen molar-refractivity contribution in [1.82, 2.24) is 0 Å². The van der Waals surface area contributed by atoms with Crippen LogP contribution in [0.25, 0.3) is 0 Å². The van der Waals surface area contributed by atoms with Crippen LogP contribution >= 0.6 is 0 Å². The molecule has 0 radical (unpaired) electrons. The summed E-state index contributed by atoms with van der Waals surface area (Å²) in [5.74, 6) is 0. The van der Waals surface area contributed by atoms with Crippen LogP contribution in [-0.4, -0.2) is 25.9 Å². The third-order valence-corrected chi connectivity index (χ3v) is 19.4. The van der Waals surface area contributed by atoms with E-state index in [1.807, 2.05) is 0 Å². The summed E-state index contributed by atoms with van der Waals surface area (Å²) in [7, 11) is 0.0620. The number of benzene rings is 2. The normalized spacial score (nSPS) is 12.9. The third-order valence-electron chi connectivity index (χ3n) is 3.54. The van der Waals surface area contributed by atoms with Crippen LogP contribution in [0.1, 0.15) is 11.1 Å². The zero-order valence-corrected chi connectivity index (χ0v) is 16.1. The fourth-order valence-corrected chi connectivity index (χ4v) is 18.5. The fraction of sp³-hybridized carbons (Fsp3) is 0.200. The van der Waals surface area contributed by atoms with Crippen LogP contribution in [0.15, 0.2) is 48.5 Å². The van der Waals surface area contributed by atoms with Crippen molar-refractivity contribution in [2.45, 2.75) is 20.4 Å². The van der Waals surface area contributed by atoms with Crippen molar-refractivity contribution < 1.29 is 0 Å². The number of aryl methyl sites for hydroxylation is 2. The maximum atomic E-state index is 2.56. The maximum absolute atomic E-state index is 2.56. The van der Waals surface area contributed by atoms with Crippen molar-refractivity contribution in [3.05, 3.63) is 59.7 Å². The maximum Gasteiger partial charge on any atom is 0.0891 e. The van der Waals surface area contributed by atoms with Crippen molar-refractivity contribution in [3.63, 3.8) is 0 Å². The summed E-state index contributed by atoms with van der Waals surface area (Å²) in [6.45, 7) is 6.91. The number of hydrogen-bond acceptors (Lipinski definition) is 0. The van der Waals surface area contributed by atoms with Crippen molar-refractivity contribution in [2.75, 3.05) is 0 Å². The SMILES string of the molecule is Cc1ccc([SiH](c2ccc(C)cc2)[SiH](C)[SiH3])cc1. The van der Waals surface area contributed by atoms with Gasteiger partial charge in [0.15, 0.2) is 0 Å². The van der Waals surface area contributed by atoms with Gasteiger partial charge in [-0.25, -0.2) is 0 Å². The number of rotatable bonds is 3. The fourth-order valence-electron chi connectivity index (χ4n) is 2.51. The van der Waals surface area contributed by atoms with Crippen molar-refractivity contribution in [2.24, 2.45) is 0 Å². The summed E-state index contributed by atoms with van der Waals surface area (Å²) in [5, 5.41) is 3.30. The minimum atomic E-state index is -0.864. The monoisotopic (exact) mass is 286 g/mol. The largest absolute Gasteiger partial charge is 0.0891 e. The van der Waals surface area contributed by atoms with Gasteiger partial charge in [-0.15, -0.1) is 0 Å². The van der Waals surface area contributed by atoms with Gasteiger partial charge in [-0.05, 0) is 23.6 Å². The third kappa shape index (κ3) is 3.10. The Kier molecular flexibility index (Phi) is 4.37. The Morgan fingerprint density at radius 3 is 1.33 bits per heavy atom. The molecular weight excluding hydrogens is 264 g/mol. The Morgan fingerprint density at radius 1 is 0.722 bits per heavy atom. The first-order chi connectivity index (χ1) is 8.58. The lowest BCUT2D eigenvalue weighted by molar-refractivity contribution is 1.48. The minimum absolute atomic E-state index is 0.492. The highest BCUT2D eigenvalue weighted by molar-refractivity contribution is 7.48. The summed E-state index contributed by atoms with van der Waals surface area (Å²) in [6.07, 6.45) is 0. The first-order valence-corrected chi connectivity index (χ1v) is 16.3. The second-order valence-electron chi connectivity index (χ2n) is 5.54. The van der Waals surface area contributed by atoms with E-state index in [1.54, 1.807) is 10.4 Å². The highest BCUT2D eigenvalue weighted by atomic mass is 29.6. The molecule has 0 amide bonds. The molecular formula is C15H22Si3. The van der Waals surface area contributed by atoms with Gasteiger partial charge in [-0.1, -0.05) is 76.6 Å². The molecule has 0 fully saturated rings. The van der Waals surface area contributed by atoms with E-state index in [0.29, 0.717) is 0 Å². The molecule has 0 spiro atoms. The van der Waals surface area contributed by atoms with Crippen LogP contribution in [0, 0.1) is 13.8 Å². The van der Waals surface area contributed by atoms with Gasteiger partial charge in [-0.3, -0.25) is 0 Å². The van der Waals surface area contributed by atoms with Gasteiger partial charge < -0.3 is 0 Å². The number of hydrogen-bond donors (Lipinski definition) is 0. The Balaban J connectivity index is 2.39. The molecule has 2 aromatic carbocycles. The first-order valence-electron chi connectivity index (χ1n) is 6.71. The molecule has 0 aliphatic heterocycles. The van der Waals surface area contributed by atoms with Gasteiger partial charge >= 0.3 is 0 Å². The topological polar surface area (TPSA) is 0 Å². The van der Waals surface area contributed by atoms with E-state index in [0.717, 1.165) is 0 Å². The lowest BCUT2D eigenvalue weighted by atomic mass is 10.2. The Hall–Kier alpha value is -0.909. The van der Waals surface area contributed by atoms with Crippen molar-refractivity contribution >= 4 is 36.3 Å². The van der Waals surface area contributed by atoms with E-state index in [-0.39, 0.29) is 0 Å². The van der Waals surface area contributed by atoms with Gasteiger partial charge in [0, 0.05) is 7.83 Å². The van der Waals surface area contributed by atoms with Gasteiger partial charge in [0.2, 0.25) is 0 Å². The molecule has 1 unspecified atom stereocenters. The molecule has 0 bridgehead atoms. The summed E-state index contributed by atoms with van der Waals surface area (Å²) in [4.78, 5) is 0. The molecule has 0 aliphatic carbocycles. The average Bonchev–Trinajstić information content (AvgIpc) is 2.34. The molecule has 0 aliphatic rings. The standard InChI is InChI=1S/C15H22Si3/c1-12-4-8-14(9-5-12)18(17(3)16)15-10-6-13(2)7-11-15/h4-11,17-18H,1-3,16H3. The van der Waals surface area contributed by atoms with Crippen LogP contribution in [0.5, 0.6) is 0 Å². The van der Waals surface area contributed by atoms with Crippen LogP contribution in [0.2, 0.25) is 6.55 Å². The van der Waals surface area contributed by atoms with Gasteiger partial charge in [-0.2, -0.15) is 0 Å². The van der Waals surface area contributed by atoms with Gasteiger partial charge in [0.05, 0.1) is 8.31 Å². The Labute approximate surface area is 116 Å². The molecule has 0 aromatic heterocycles. The molecule has 0 saturated carbocycles. The zero-order valence-electron chi connectivity index (χ0n) is 11.8. The summed E-state index contributed by atoms with van der Waals surface area (Å²) >= 11 is 0. The van der Waals surface area contributed by atoms with E-state index in [1.165, 1.54) is 20.9 Å². The van der Waals surface area contributed by atoms with Crippen LogP contribution in [0.3, 0.4) is 0 Å². The molecule has 0 N–H and O–H groups in total. The quantitative estimate of drug-likeness (QED) is 0.719. The lowest BCUT2D eigenvalue weighted by Gasteiger charge is -2.20. The second kappa shape index (κ2) is 5.82. The second-order valence-corrected chi connectivity index (χ2v) is 25.8. The van der Waals surface area contributed by atoms with E-state index in [4.69, 9.17) is 0 Å². The predicted octanol–water partition coefficient (Wildman–Crippen LogP) is 0.442. The molecule has 0 heterocycles. The molecule has 2 rings (SSSR count). The molecule has 1 atom stereocenters. The first kappa shape index (κ1) is 13.5. The smallest absolute Gasteiger partial charge is 0.0760 e. The Bertz CT molecular complexity index is 455. The van der Waals surface area contributed by atoms with Gasteiger partial charge in [0.1, 0.15) is 0 Å². The lowest BCUT2D eigenvalue weighted by Crippen LogP contribution is -2.53. The molecule has 0 nitrogen and oxygen atoms in total. The van der Waals surface area contributed by atoms with Crippen molar-refractivity contribution in [1.29, 1.82) is 0 Å². The van der Waals surface area contributed by atoms with E-state index in [2.05, 4.69) is 68.9 Å². The average molecular weight is 287 g/mol. The van der Waals surface area contributed by atoms with E-state index < -0.39 is 16.1 Å². The minimum Gasteiger partial charge on any atom is -0.0760 e. The highest BCUT2D eigenvalue weighted by Crippen LogP contribution is 2.00. The zero-order chi connectivity index (χ0) is 13.1. The molecule has 18 heavy (non-hydrogen) atoms. The summed E-state index contributed by atoms with van der Waals surface area (Å²) < 4.78 is 0. The van der Waals surface area contributed by atoms with E-state index >= 15 is 0 Å². The van der Waals surface area contributed by atoms with Crippen molar-refractivity contribution in [3.8, 4) is 0 Å². The molecule has 3 heteroatoms. The molecule has 2 aromatic rings. The van der Waals surface area contributed by atoms with E-state index in [9.17, 15) is 0 Å². The molecule has 0 saturated heterocycles. The summed E-state index contributed by atoms with van der Waals surface area (Å²) in [6, 6.07) is 18.6. The summed E-state index contributed by atoms with van der Waals surface area (Å²) in [5.41, 5.74) is 2.75. The predicted molar refractivity (Wildman–Crippen MR) is 91.7 cm³/mol. The molecule has 94 valence electrons. The van der Waals surface area contributed by atoms with Crippen LogP contribution in [-0.2, 0) is 0 Å². The Morgan fingerprint density at radius 2 is 1.06 bits per heavy atom. The van der Waals surface area contributed by atoms with Gasteiger partial charge in [0.25, 0.3) is 0 Å².